The molecule has 2 aromatic rings. The van der Waals surface area contributed by atoms with Crippen molar-refractivity contribution in [2.45, 2.75) is 26.4 Å². The molecule has 1 amide bonds. The Morgan fingerprint density at radius 3 is 2.75 bits per heavy atom. The monoisotopic (exact) mass is 348 g/mol. The van der Waals surface area contributed by atoms with E-state index in [4.69, 9.17) is 4.42 Å². The van der Waals surface area contributed by atoms with Gasteiger partial charge in [0.25, 0.3) is 0 Å². The van der Waals surface area contributed by atoms with Crippen LogP contribution < -0.4 is 10.6 Å². The Morgan fingerprint density at radius 1 is 1.38 bits per heavy atom. The van der Waals surface area contributed by atoms with Gasteiger partial charge in [-0.25, -0.2) is 4.99 Å². The van der Waals surface area contributed by atoms with E-state index < -0.39 is 0 Å². The number of furan rings is 1. The van der Waals surface area contributed by atoms with Gasteiger partial charge < -0.3 is 20.0 Å². The molecule has 0 fully saturated rings. The normalized spacial score (nSPS) is 12.8. The third kappa shape index (κ3) is 5.42. The first-order valence-electron chi connectivity index (χ1n) is 7.79. The molecule has 1 unspecified atom stereocenters. The zero-order valence-electron chi connectivity index (χ0n) is 14.5. The Balaban J connectivity index is 2.03. The van der Waals surface area contributed by atoms with Crippen LogP contribution in [0, 0.1) is 6.92 Å². The first-order chi connectivity index (χ1) is 11.5. The minimum absolute atomic E-state index is 0.0475. The van der Waals surface area contributed by atoms with Crippen molar-refractivity contribution in [2.24, 2.45) is 4.99 Å². The Kier molecular flexibility index (Phi) is 6.43. The first-order valence-corrected chi connectivity index (χ1v) is 8.67. The van der Waals surface area contributed by atoms with Gasteiger partial charge >= 0.3 is 0 Å². The van der Waals surface area contributed by atoms with Gasteiger partial charge in [-0.2, -0.15) is 0 Å². The summed E-state index contributed by atoms with van der Waals surface area (Å²) in [6.07, 6.45) is 0. The van der Waals surface area contributed by atoms with Gasteiger partial charge in [0.05, 0.1) is 12.6 Å². The molecule has 0 saturated carbocycles. The van der Waals surface area contributed by atoms with Crippen LogP contribution in [0.5, 0.6) is 0 Å². The Morgan fingerprint density at radius 2 is 2.17 bits per heavy atom. The molecule has 7 heteroatoms. The van der Waals surface area contributed by atoms with E-state index in [2.05, 4.69) is 21.7 Å². The summed E-state index contributed by atoms with van der Waals surface area (Å²) in [5, 5.41) is 8.58. The zero-order valence-corrected chi connectivity index (χ0v) is 15.3. The van der Waals surface area contributed by atoms with E-state index in [1.807, 2.05) is 37.4 Å². The number of hydrogen-bond donors (Lipinski definition) is 2. The highest BCUT2D eigenvalue weighted by molar-refractivity contribution is 7.09. The number of carbonyl (C=O) groups excluding carboxylic acids is 1. The molecule has 0 bridgehead atoms. The van der Waals surface area contributed by atoms with Crippen molar-refractivity contribution in [3.05, 3.63) is 46.0 Å². The maximum absolute atomic E-state index is 11.8. The molecule has 24 heavy (non-hydrogen) atoms. The van der Waals surface area contributed by atoms with Gasteiger partial charge in [-0.3, -0.25) is 4.79 Å². The molecule has 0 aliphatic heterocycles. The Labute approximate surface area is 146 Å². The van der Waals surface area contributed by atoms with Crippen LogP contribution in [0.2, 0.25) is 0 Å². The number of carbonyl (C=O) groups is 1. The lowest BCUT2D eigenvalue weighted by Gasteiger charge is -2.17. The molecule has 0 radical (unpaired) electrons. The molecular formula is C17H24N4O2S. The number of aryl methyl sites for hydroxylation is 1. The molecule has 0 spiro atoms. The number of nitrogens with zero attached hydrogens (tertiary/aromatic N) is 2. The quantitative estimate of drug-likeness (QED) is 0.622. The van der Waals surface area contributed by atoms with E-state index >= 15 is 0 Å². The lowest BCUT2D eigenvalue weighted by molar-refractivity contribution is -0.127. The summed E-state index contributed by atoms with van der Waals surface area (Å²) in [5.74, 6) is 2.23. The van der Waals surface area contributed by atoms with E-state index in [0.29, 0.717) is 12.5 Å². The summed E-state index contributed by atoms with van der Waals surface area (Å²) in [7, 11) is 3.44. The predicted molar refractivity (Wildman–Crippen MR) is 97.2 cm³/mol. The number of hydrogen-bond acceptors (Lipinski definition) is 4. The fourth-order valence-corrected chi connectivity index (χ4v) is 2.63. The van der Waals surface area contributed by atoms with Crippen LogP contribution in [0.4, 0.5) is 0 Å². The van der Waals surface area contributed by atoms with Crippen LogP contribution in [0.25, 0.3) is 0 Å². The first kappa shape index (κ1) is 18.1. The van der Waals surface area contributed by atoms with Crippen molar-refractivity contribution in [3.8, 4) is 0 Å². The van der Waals surface area contributed by atoms with E-state index in [0.717, 1.165) is 11.5 Å². The Bertz CT molecular complexity index is 677. The van der Waals surface area contributed by atoms with Crippen LogP contribution in [-0.4, -0.2) is 37.4 Å². The summed E-state index contributed by atoms with van der Waals surface area (Å²) in [5.41, 5.74) is 0. The van der Waals surface area contributed by atoms with Gasteiger partial charge in [0.2, 0.25) is 5.91 Å². The van der Waals surface area contributed by atoms with E-state index in [1.165, 1.54) is 9.78 Å². The van der Waals surface area contributed by atoms with Crippen LogP contribution in [0.3, 0.4) is 0 Å². The average Bonchev–Trinajstić information content (AvgIpc) is 3.20. The summed E-state index contributed by atoms with van der Waals surface area (Å²) in [4.78, 5) is 18.9. The second-order valence-corrected chi connectivity index (χ2v) is 6.73. The summed E-state index contributed by atoms with van der Waals surface area (Å²) >= 11 is 1.67. The largest absolute Gasteiger partial charge is 0.464 e. The summed E-state index contributed by atoms with van der Waals surface area (Å²) in [6.45, 7) is 4.66. The highest BCUT2D eigenvalue weighted by atomic mass is 32.1. The van der Waals surface area contributed by atoms with E-state index in [9.17, 15) is 4.79 Å². The van der Waals surface area contributed by atoms with Gasteiger partial charge in [-0.15, -0.1) is 11.3 Å². The smallest absolute Gasteiger partial charge is 0.243 e. The summed E-state index contributed by atoms with van der Waals surface area (Å²) in [6, 6.07) is 7.88. The molecule has 1 atom stereocenters. The van der Waals surface area contributed by atoms with Crippen molar-refractivity contribution < 1.29 is 9.21 Å². The molecule has 130 valence electrons. The second kappa shape index (κ2) is 8.54. The van der Waals surface area contributed by atoms with E-state index in [-0.39, 0.29) is 18.5 Å². The number of likely N-dealkylation sites (N-methyl/N-ethyl adjacent to an activating group) is 1. The zero-order chi connectivity index (χ0) is 17.5. The van der Waals surface area contributed by atoms with Crippen LogP contribution in [-0.2, 0) is 11.3 Å². The summed E-state index contributed by atoms with van der Waals surface area (Å²) < 4.78 is 5.64. The van der Waals surface area contributed by atoms with Crippen LogP contribution >= 0.6 is 11.3 Å². The van der Waals surface area contributed by atoms with Crippen LogP contribution in [0.1, 0.15) is 29.4 Å². The van der Waals surface area contributed by atoms with Gasteiger partial charge in [0.15, 0.2) is 5.96 Å². The fourth-order valence-electron chi connectivity index (χ4n) is 1.99. The number of amides is 1. The molecule has 2 N–H and O–H groups in total. The third-order valence-electron chi connectivity index (χ3n) is 3.42. The number of thiophene rings is 1. The highest BCUT2D eigenvalue weighted by Gasteiger charge is 2.12. The molecular weight excluding hydrogens is 324 g/mol. The van der Waals surface area contributed by atoms with Crippen molar-refractivity contribution >= 4 is 23.2 Å². The molecule has 2 aromatic heterocycles. The van der Waals surface area contributed by atoms with Gasteiger partial charge in [0.1, 0.15) is 18.1 Å². The molecule has 6 nitrogen and oxygen atoms in total. The molecule has 0 saturated heterocycles. The molecule has 0 aromatic carbocycles. The number of nitrogens with one attached hydrogen (secondary N) is 2. The predicted octanol–water partition coefficient (Wildman–Crippen LogP) is 2.53. The van der Waals surface area contributed by atoms with Crippen molar-refractivity contribution in [3.63, 3.8) is 0 Å². The molecule has 0 aliphatic rings. The number of aliphatic imine (C=N–C) groups is 1. The van der Waals surface area contributed by atoms with Crippen molar-refractivity contribution in [1.29, 1.82) is 0 Å². The van der Waals surface area contributed by atoms with Crippen molar-refractivity contribution in [2.75, 3.05) is 20.6 Å². The maximum Gasteiger partial charge on any atom is 0.243 e. The molecule has 0 aliphatic carbocycles. The fraction of sp³-hybridized carbons (Fsp3) is 0.412. The van der Waals surface area contributed by atoms with E-state index in [1.54, 1.807) is 25.4 Å². The minimum Gasteiger partial charge on any atom is -0.464 e. The lowest BCUT2D eigenvalue weighted by atomic mass is 10.2. The lowest BCUT2D eigenvalue weighted by Crippen LogP contribution is -2.39. The molecule has 2 rings (SSSR count). The van der Waals surface area contributed by atoms with Gasteiger partial charge in [-0.1, -0.05) is 6.07 Å². The minimum atomic E-state index is -0.0530. The average molecular weight is 348 g/mol. The van der Waals surface area contributed by atoms with Crippen LogP contribution in [0.15, 0.2) is 39.1 Å². The third-order valence-corrected chi connectivity index (χ3v) is 4.30. The highest BCUT2D eigenvalue weighted by Crippen LogP contribution is 2.15. The number of rotatable bonds is 6. The van der Waals surface area contributed by atoms with Crippen molar-refractivity contribution in [1.82, 2.24) is 15.5 Å². The van der Waals surface area contributed by atoms with Gasteiger partial charge in [0, 0.05) is 19.0 Å². The Hall–Kier alpha value is -2.28. The van der Waals surface area contributed by atoms with Gasteiger partial charge in [-0.05, 0) is 37.4 Å². The number of guanidine groups is 1. The maximum atomic E-state index is 11.8. The second-order valence-electron chi connectivity index (χ2n) is 5.70. The standard InChI is InChI=1S/C17H24N4O2S/c1-12-7-8-15(23-12)13(2)20-17(19-11-16(22)21(3)4)18-10-14-6-5-9-24-14/h5-9,13H,10-11H2,1-4H3,(H2,18,19,20). The topological polar surface area (TPSA) is 69.9 Å². The molecule has 2 heterocycles. The SMILES string of the molecule is Cc1ccc(C(C)NC(=NCC(=O)N(C)C)NCc2cccs2)o1.